The van der Waals surface area contributed by atoms with E-state index in [1.807, 2.05) is 6.92 Å². The van der Waals surface area contributed by atoms with Crippen LogP contribution in [0, 0.1) is 17.8 Å². The maximum atomic E-state index is 12.9. The van der Waals surface area contributed by atoms with Gasteiger partial charge in [0.25, 0.3) is 0 Å². The Morgan fingerprint density at radius 3 is 2.17 bits per heavy atom. The third-order valence-corrected chi connectivity index (χ3v) is 4.83. The lowest BCUT2D eigenvalue weighted by Gasteiger charge is -2.36. The second kappa shape index (κ2) is 5.73. The Morgan fingerprint density at radius 2 is 1.67 bits per heavy atom. The van der Waals surface area contributed by atoms with Gasteiger partial charge in [0.2, 0.25) is 0 Å². The van der Waals surface area contributed by atoms with E-state index in [-0.39, 0.29) is 5.92 Å². The molecule has 0 spiro atoms. The van der Waals surface area contributed by atoms with Crippen molar-refractivity contribution >= 4 is 5.78 Å². The summed E-state index contributed by atoms with van der Waals surface area (Å²) >= 11 is 0. The molecule has 0 aromatic carbocycles. The SMILES string of the molecule is CCOC1(C(=O)C2CC(C)CC(C)C2)CCCC1. The minimum Gasteiger partial charge on any atom is -0.367 e. The van der Waals surface area contributed by atoms with E-state index in [1.165, 1.54) is 6.42 Å². The maximum Gasteiger partial charge on any atom is 0.167 e. The molecule has 0 saturated heterocycles. The van der Waals surface area contributed by atoms with E-state index in [2.05, 4.69) is 13.8 Å². The van der Waals surface area contributed by atoms with Crippen LogP contribution in [0.25, 0.3) is 0 Å². The van der Waals surface area contributed by atoms with Crippen LogP contribution in [0.2, 0.25) is 0 Å². The van der Waals surface area contributed by atoms with Gasteiger partial charge in [0.15, 0.2) is 5.78 Å². The molecule has 2 rings (SSSR count). The molecule has 0 aliphatic heterocycles. The minimum atomic E-state index is -0.407. The normalized spacial score (nSPS) is 35.6. The van der Waals surface area contributed by atoms with Crippen LogP contribution in [-0.2, 0) is 9.53 Å². The summed E-state index contributed by atoms with van der Waals surface area (Å²) in [5.74, 6) is 2.08. The topological polar surface area (TPSA) is 26.3 Å². The highest BCUT2D eigenvalue weighted by molar-refractivity contribution is 5.89. The summed E-state index contributed by atoms with van der Waals surface area (Å²) in [6, 6.07) is 0. The molecule has 2 aliphatic rings. The van der Waals surface area contributed by atoms with Gasteiger partial charge in [0.1, 0.15) is 5.60 Å². The molecule has 2 unspecified atom stereocenters. The van der Waals surface area contributed by atoms with Crippen LogP contribution in [0.1, 0.15) is 65.7 Å². The van der Waals surface area contributed by atoms with E-state index in [4.69, 9.17) is 4.74 Å². The molecule has 104 valence electrons. The van der Waals surface area contributed by atoms with Crippen molar-refractivity contribution in [3.8, 4) is 0 Å². The number of hydrogen-bond acceptors (Lipinski definition) is 2. The first-order chi connectivity index (χ1) is 8.57. The summed E-state index contributed by atoms with van der Waals surface area (Å²) < 4.78 is 5.93. The van der Waals surface area contributed by atoms with Crippen molar-refractivity contribution < 1.29 is 9.53 Å². The lowest BCUT2D eigenvalue weighted by atomic mass is 9.71. The van der Waals surface area contributed by atoms with Crippen LogP contribution < -0.4 is 0 Å². The molecular weight excluding hydrogens is 224 g/mol. The fourth-order valence-corrected chi connectivity index (χ4v) is 4.22. The standard InChI is InChI=1S/C16H28O2/c1-4-18-16(7-5-6-8-16)15(17)14-10-12(2)9-13(3)11-14/h12-14H,4-11H2,1-3H3. The molecule has 0 amide bonds. The van der Waals surface area contributed by atoms with Crippen molar-refractivity contribution in [3.63, 3.8) is 0 Å². The molecule has 2 heteroatoms. The fourth-order valence-electron chi connectivity index (χ4n) is 4.22. The zero-order valence-electron chi connectivity index (χ0n) is 12.2. The van der Waals surface area contributed by atoms with Gasteiger partial charge >= 0.3 is 0 Å². The molecule has 18 heavy (non-hydrogen) atoms. The van der Waals surface area contributed by atoms with Crippen molar-refractivity contribution in [2.24, 2.45) is 17.8 Å². The number of hydrogen-bond donors (Lipinski definition) is 0. The Bertz CT molecular complexity index is 281. The molecule has 0 radical (unpaired) electrons. The molecule has 2 atom stereocenters. The van der Waals surface area contributed by atoms with Gasteiger partial charge in [-0.05, 0) is 63.7 Å². The Hall–Kier alpha value is -0.370. The predicted molar refractivity (Wildman–Crippen MR) is 73.5 cm³/mol. The van der Waals surface area contributed by atoms with E-state index in [1.54, 1.807) is 0 Å². The average Bonchev–Trinajstić information content (AvgIpc) is 2.77. The lowest BCUT2D eigenvalue weighted by molar-refractivity contribution is -0.150. The van der Waals surface area contributed by atoms with Gasteiger partial charge < -0.3 is 4.74 Å². The molecule has 0 N–H and O–H groups in total. The number of carbonyl (C=O) groups excluding carboxylic acids is 1. The van der Waals surface area contributed by atoms with Crippen LogP contribution in [0.15, 0.2) is 0 Å². The molecule has 2 aliphatic carbocycles. The van der Waals surface area contributed by atoms with Gasteiger partial charge in [-0.1, -0.05) is 13.8 Å². The van der Waals surface area contributed by atoms with E-state index in [0.29, 0.717) is 24.2 Å². The number of Topliss-reactive ketones (excluding diaryl/α,β-unsaturated/α-hetero) is 1. The van der Waals surface area contributed by atoms with Gasteiger partial charge in [-0.3, -0.25) is 4.79 Å². The molecule has 2 nitrogen and oxygen atoms in total. The summed E-state index contributed by atoms with van der Waals surface area (Å²) in [4.78, 5) is 12.9. The molecule has 0 aromatic heterocycles. The van der Waals surface area contributed by atoms with Gasteiger partial charge in [-0.2, -0.15) is 0 Å². The van der Waals surface area contributed by atoms with Crippen molar-refractivity contribution in [3.05, 3.63) is 0 Å². The average molecular weight is 252 g/mol. The molecular formula is C16H28O2. The van der Waals surface area contributed by atoms with Crippen LogP contribution in [-0.4, -0.2) is 18.0 Å². The Balaban J connectivity index is 2.08. The Labute approximate surface area is 111 Å². The molecule has 0 bridgehead atoms. The quantitative estimate of drug-likeness (QED) is 0.756. The van der Waals surface area contributed by atoms with Crippen molar-refractivity contribution in [2.45, 2.75) is 71.3 Å². The highest BCUT2D eigenvalue weighted by Gasteiger charge is 2.45. The van der Waals surface area contributed by atoms with Gasteiger partial charge in [0.05, 0.1) is 0 Å². The molecule has 0 heterocycles. The first kappa shape index (κ1) is 14.0. The summed E-state index contributed by atoms with van der Waals surface area (Å²) in [6.07, 6.45) is 7.67. The second-order valence-electron chi connectivity index (χ2n) is 6.61. The summed E-state index contributed by atoms with van der Waals surface area (Å²) in [5, 5.41) is 0. The van der Waals surface area contributed by atoms with Crippen LogP contribution in [0.3, 0.4) is 0 Å². The fraction of sp³-hybridized carbons (Fsp3) is 0.938. The second-order valence-corrected chi connectivity index (χ2v) is 6.61. The van der Waals surface area contributed by atoms with Gasteiger partial charge in [-0.15, -0.1) is 0 Å². The third-order valence-electron chi connectivity index (χ3n) is 4.83. The van der Waals surface area contributed by atoms with Crippen LogP contribution in [0.5, 0.6) is 0 Å². The maximum absolute atomic E-state index is 12.9. The van der Waals surface area contributed by atoms with Crippen molar-refractivity contribution in [1.29, 1.82) is 0 Å². The Kier molecular flexibility index (Phi) is 4.47. The summed E-state index contributed by atoms with van der Waals surface area (Å²) in [5.41, 5.74) is -0.407. The van der Waals surface area contributed by atoms with E-state index in [9.17, 15) is 4.79 Å². The van der Waals surface area contributed by atoms with Gasteiger partial charge in [-0.25, -0.2) is 0 Å². The molecule has 2 saturated carbocycles. The summed E-state index contributed by atoms with van der Waals surface area (Å²) in [6.45, 7) is 7.26. The largest absolute Gasteiger partial charge is 0.367 e. The molecule has 0 aromatic rings. The third kappa shape index (κ3) is 2.79. The number of ether oxygens (including phenoxy) is 1. The van der Waals surface area contributed by atoms with Crippen molar-refractivity contribution in [1.82, 2.24) is 0 Å². The highest BCUT2D eigenvalue weighted by Crippen LogP contribution is 2.41. The number of carbonyl (C=O) groups is 1. The predicted octanol–water partition coefficient (Wildman–Crippen LogP) is 3.98. The van der Waals surface area contributed by atoms with E-state index >= 15 is 0 Å². The van der Waals surface area contributed by atoms with E-state index < -0.39 is 5.60 Å². The highest BCUT2D eigenvalue weighted by atomic mass is 16.5. The Morgan fingerprint density at radius 1 is 1.11 bits per heavy atom. The molecule has 2 fully saturated rings. The lowest BCUT2D eigenvalue weighted by Crippen LogP contribution is -2.44. The van der Waals surface area contributed by atoms with E-state index in [0.717, 1.165) is 38.5 Å². The zero-order valence-corrected chi connectivity index (χ0v) is 12.2. The van der Waals surface area contributed by atoms with Crippen LogP contribution in [0.4, 0.5) is 0 Å². The summed E-state index contributed by atoms with van der Waals surface area (Å²) in [7, 11) is 0. The van der Waals surface area contributed by atoms with Gasteiger partial charge in [0, 0.05) is 12.5 Å². The minimum absolute atomic E-state index is 0.258. The van der Waals surface area contributed by atoms with Crippen LogP contribution >= 0.6 is 0 Å². The smallest absolute Gasteiger partial charge is 0.167 e. The van der Waals surface area contributed by atoms with Crippen molar-refractivity contribution in [2.75, 3.05) is 6.61 Å². The monoisotopic (exact) mass is 252 g/mol. The zero-order chi connectivity index (χ0) is 13.2. The number of rotatable bonds is 4. The first-order valence-electron chi connectivity index (χ1n) is 7.75. The number of ketones is 1. The first-order valence-corrected chi connectivity index (χ1v) is 7.75.